The van der Waals surface area contributed by atoms with E-state index in [1.165, 1.54) is 13.2 Å². The Morgan fingerprint density at radius 1 is 1.21 bits per heavy atom. The summed E-state index contributed by atoms with van der Waals surface area (Å²) in [7, 11) is 1.22. The van der Waals surface area contributed by atoms with Crippen LogP contribution in [0.4, 0.5) is 22.0 Å². The number of nitrogens with zero attached hydrogens (tertiary/aromatic N) is 2. The fraction of sp³-hybridized carbons (Fsp3) is 0.235. The van der Waals surface area contributed by atoms with Gasteiger partial charge >= 0.3 is 12.8 Å². The van der Waals surface area contributed by atoms with Gasteiger partial charge in [0, 0.05) is 18.7 Å². The Bertz CT molecular complexity index is 1120. The van der Waals surface area contributed by atoms with Gasteiger partial charge in [0.25, 0.3) is 5.56 Å². The lowest BCUT2D eigenvalue weighted by atomic mass is 10.2. The van der Waals surface area contributed by atoms with Gasteiger partial charge in [0.2, 0.25) is 0 Å². The number of rotatable bonds is 5. The summed E-state index contributed by atoms with van der Waals surface area (Å²) in [5, 5.41) is -0.224. The molecular weight excluding hydrogens is 425 g/mol. The lowest BCUT2D eigenvalue weighted by Crippen LogP contribution is -2.14. The van der Waals surface area contributed by atoms with Crippen LogP contribution >= 0.6 is 11.6 Å². The molecule has 0 aliphatic rings. The van der Waals surface area contributed by atoms with Crippen molar-refractivity contribution in [3.8, 4) is 11.5 Å². The number of H-pyrrole nitrogens is 1. The number of hydrogen-bond donors (Lipinski definition) is 1. The van der Waals surface area contributed by atoms with E-state index in [1.807, 2.05) is 0 Å². The molecule has 29 heavy (non-hydrogen) atoms. The van der Waals surface area contributed by atoms with Crippen LogP contribution in [0.5, 0.6) is 11.5 Å². The third-order valence-electron chi connectivity index (χ3n) is 3.84. The SMILES string of the molecule is COc1cc2c(=O)[nH]c(Cc3ncc(C(F)(F)F)cc3Cl)nc2cc1OC(F)F. The number of aromatic nitrogens is 3. The van der Waals surface area contributed by atoms with Crippen molar-refractivity contribution in [3.05, 3.63) is 56.9 Å². The van der Waals surface area contributed by atoms with Gasteiger partial charge in [-0.25, -0.2) is 4.98 Å². The minimum absolute atomic E-state index is 0.0169. The summed E-state index contributed by atoms with van der Waals surface area (Å²) in [6.07, 6.45) is -4.19. The Morgan fingerprint density at radius 3 is 2.52 bits per heavy atom. The lowest BCUT2D eigenvalue weighted by Gasteiger charge is -2.12. The lowest BCUT2D eigenvalue weighted by molar-refractivity contribution is -0.137. The molecule has 1 aromatic carbocycles. The first-order valence-corrected chi connectivity index (χ1v) is 8.23. The molecule has 0 aliphatic heterocycles. The molecule has 2 heterocycles. The minimum atomic E-state index is -4.61. The van der Waals surface area contributed by atoms with E-state index >= 15 is 0 Å². The average Bonchev–Trinajstić information content (AvgIpc) is 2.61. The summed E-state index contributed by atoms with van der Waals surface area (Å²) in [4.78, 5) is 22.6. The van der Waals surface area contributed by atoms with Crippen molar-refractivity contribution in [2.75, 3.05) is 7.11 Å². The number of fused-ring (bicyclic) bond motifs is 1. The minimum Gasteiger partial charge on any atom is -0.493 e. The molecule has 0 saturated carbocycles. The highest BCUT2D eigenvalue weighted by Gasteiger charge is 2.31. The fourth-order valence-corrected chi connectivity index (χ4v) is 2.77. The quantitative estimate of drug-likeness (QED) is 0.608. The molecule has 1 N–H and O–H groups in total. The van der Waals surface area contributed by atoms with Crippen molar-refractivity contribution in [1.82, 2.24) is 15.0 Å². The van der Waals surface area contributed by atoms with Crippen molar-refractivity contribution < 1.29 is 31.4 Å². The standard InChI is InChI=1S/C17H11ClF5N3O3/c1-28-12-3-8-10(4-13(12)29-16(19)20)25-14(26-15(8)27)5-11-9(18)2-7(6-24-11)17(21,22)23/h2-4,6,16H,5H2,1H3,(H,25,26,27). The van der Waals surface area contributed by atoms with Gasteiger partial charge in [-0.3, -0.25) is 9.78 Å². The highest BCUT2D eigenvalue weighted by Crippen LogP contribution is 2.33. The van der Waals surface area contributed by atoms with Crippen molar-refractivity contribution in [2.45, 2.75) is 19.2 Å². The Labute approximate surface area is 164 Å². The zero-order chi connectivity index (χ0) is 21.3. The van der Waals surface area contributed by atoms with E-state index < -0.39 is 23.9 Å². The molecule has 0 bridgehead atoms. The zero-order valence-corrected chi connectivity index (χ0v) is 15.2. The smallest absolute Gasteiger partial charge is 0.417 e. The van der Waals surface area contributed by atoms with Gasteiger partial charge in [-0.05, 0) is 12.1 Å². The first kappa shape index (κ1) is 20.8. The summed E-state index contributed by atoms with van der Waals surface area (Å²) in [6, 6.07) is 3.00. The first-order chi connectivity index (χ1) is 13.6. The topological polar surface area (TPSA) is 77.1 Å². The van der Waals surface area contributed by atoms with Crippen LogP contribution in [0, 0.1) is 0 Å². The van der Waals surface area contributed by atoms with Gasteiger partial charge in [-0.1, -0.05) is 11.6 Å². The van der Waals surface area contributed by atoms with Crippen molar-refractivity contribution >= 4 is 22.5 Å². The van der Waals surface area contributed by atoms with Gasteiger partial charge in [-0.2, -0.15) is 22.0 Å². The molecule has 3 rings (SSSR count). The van der Waals surface area contributed by atoms with Crippen LogP contribution in [-0.2, 0) is 12.6 Å². The Morgan fingerprint density at radius 2 is 1.93 bits per heavy atom. The van der Waals surface area contributed by atoms with E-state index in [2.05, 4.69) is 19.7 Å². The number of halogens is 6. The third kappa shape index (κ3) is 4.56. The van der Waals surface area contributed by atoms with Gasteiger partial charge in [-0.15, -0.1) is 0 Å². The number of aromatic amines is 1. The third-order valence-corrected chi connectivity index (χ3v) is 4.16. The van der Waals surface area contributed by atoms with Crippen LogP contribution in [0.1, 0.15) is 17.1 Å². The molecule has 3 aromatic rings. The number of methoxy groups -OCH3 is 1. The Balaban J connectivity index is 2.02. The van der Waals surface area contributed by atoms with E-state index in [0.717, 1.165) is 6.07 Å². The van der Waals surface area contributed by atoms with Gasteiger partial charge in [0.1, 0.15) is 5.82 Å². The number of alkyl halides is 5. The number of pyridine rings is 1. The molecular formula is C17H11ClF5N3O3. The second-order valence-corrected chi connectivity index (χ2v) is 6.15. The van der Waals surface area contributed by atoms with E-state index in [1.54, 1.807) is 0 Å². The number of ether oxygens (including phenoxy) is 2. The van der Waals surface area contributed by atoms with Gasteiger partial charge < -0.3 is 14.5 Å². The predicted octanol–water partition coefficient (Wildman–Crippen LogP) is 4.19. The molecule has 0 radical (unpaired) electrons. The molecule has 12 heteroatoms. The summed E-state index contributed by atoms with van der Waals surface area (Å²) in [5.41, 5.74) is -1.58. The van der Waals surface area contributed by atoms with Crippen molar-refractivity contribution in [3.63, 3.8) is 0 Å². The van der Waals surface area contributed by atoms with Crippen LogP contribution in [-0.4, -0.2) is 28.7 Å². The maximum Gasteiger partial charge on any atom is 0.417 e. The molecule has 0 atom stereocenters. The molecule has 0 unspecified atom stereocenters. The molecule has 0 amide bonds. The maximum absolute atomic E-state index is 12.7. The van der Waals surface area contributed by atoms with Crippen LogP contribution in [0.15, 0.2) is 29.2 Å². The molecule has 0 aliphatic carbocycles. The summed E-state index contributed by atoms with van der Waals surface area (Å²) < 4.78 is 72.6. The zero-order valence-electron chi connectivity index (χ0n) is 14.5. The summed E-state index contributed by atoms with van der Waals surface area (Å²) >= 11 is 5.86. The molecule has 0 fully saturated rings. The van der Waals surface area contributed by atoms with E-state index in [0.29, 0.717) is 12.3 Å². The Hall–Kier alpha value is -2.95. The summed E-state index contributed by atoms with van der Waals surface area (Å²) in [6.45, 7) is -3.13. The predicted molar refractivity (Wildman–Crippen MR) is 92.6 cm³/mol. The fourth-order valence-electron chi connectivity index (χ4n) is 2.54. The Kier molecular flexibility index (Phi) is 5.60. The molecule has 6 nitrogen and oxygen atoms in total. The van der Waals surface area contributed by atoms with Crippen LogP contribution in [0.3, 0.4) is 0 Å². The van der Waals surface area contributed by atoms with Crippen molar-refractivity contribution in [1.29, 1.82) is 0 Å². The first-order valence-electron chi connectivity index (χ1n) is 7.86. The average molecular weight is 436 g/mol. The number of nitrogens with one attached hydrogen (secondary N) is 1. The summed E-state index contributed by atoms with van der Waals surface area (Å²) in [5.74, 6) is -0.403. The number of hydrogen-bond acceptors (Lipinski definition) is 5. The van der Waals surface area contributed by atoms with E-state index in [9.17, 15) is 26.7 Å². The van der Waals surface area contributed by atoms with E-state index in [4.69, 9.17) is 16.3 Å². The molecule has 0 spiro atoms. The van der Waals surface area contributed by atoms with Gasteiger partial charge in [0.05, 0.1) is 34.3 Å². The van der Waals surface area contributed by atoms with Gasteiger partial charge in [0.15, 0.2) is 11.5 Å². The number of benzene rings is 1. The second-order valence-electron chi connectivity index (χ2n) is 5.74. The second kappa shape index (κ2) is 7.82. The van der Waals surface area contributed by atoms with E-state index in [-0.39, 0.29) is 45.4 Å². The van der Waals surface area contributed by atoms with Crippen LogP contribution in [0.2, 0.25) is 5.02 Å². The molecule has 2 aromatic heterocycles. The molecule has 154 valence electrons. The highest BCUT2D eigenvalue weighted by atomic mass is 35.5. The largest absolute Gasteiger partial charge is 0.493 e. The highest BCUT2D eigenvalue weighted by molar-refractivity contribution is 6.31. The monoisotopic (exact) mass is 435 g/mol. The maximum atomic E-state index is 12.7. The van der Waals surface area contributed by atoms with Crippen LogP contribution < -0.4 is 15.0 Å². The molecule has 0 saturated heterocycles. The van der Waals surface area contributed by atoms with Crippen LogP contribution in [0.25, 0.3) is 10.9 Å². The normalized spacial score (nSPS) is 11.9. The van der Waals surface area contributed by atoms with Crippen molar-refractivity contribution in [2.24, 2.45) is 0 Å².